The topological polar surface area (TPSA) is 111 Å². The van der Waals surface area contributed by atoms with Crippen LogP contribution in [0.15, 0.2) is 60.8 Å². The van der Waals surface area contributed by atoms with Crippen LogP contribution in [0, 0.1) is 0 Å². The highest BCUT2D eigenvalue weighted by Gasteiger charge is 2.21. The van der Waals surface area contributed by atoms with Crippen LogP contribution in [0.4, 0.5) is 0 Å². The molecule has 10 heteroatoms. The van der Waals surface area contributed by atoms with Crippen molar-refractivity contribution >= 4 is 19.8 Å². The molecule has 0 aromatic heterocycles. The summed E-state index contributed by atoms with van der Waals surface area (Å²) in [6, 6.07) is 0. The third-order valence-corrected chi connectivity index (χ3v) is 8.99. The van der Waals surface area contributed by atoms with E-state index in [1.54, 1.807) is 0 Å². The second-order valence-electron chi connectivity index (χ2n) is 14.3. The zero-order chi connectivity index (χ0) is 38.6. The number of carbonyl (C=O) groups excluding carboxylic acids is 2. The van der Waals surface area contributed by atoms with E-state index in [1.807, 2.05) is 21.1 Å². The van der Waals surface area contributed by atoms with Crippen molar-refractivity contribution in [2.75, 3.05) is 47.5 Å². The summed E-state index contributed by atoms with van der Waals surface area (Å²) in [5, 5.41) is 0. The number of allylic oxidation sites excluding steroid dienone is 10. The van der Waals surface area contributed by atoms with Crippen LogP contribution < -0.4 is 4.89 Å². The molecule has 2 atom stereocenters. The van der Waals surface area contributed by atoms with E-state index in [1.165, 1.54) is 12.8 Å². The minimum Gasteiger partial charge on any atom is -0.756 e. The van der Waals surface area contributed by atoms with E-state index in [2.05, 4.69) is 74.6 Å². The zero-order valence-electron chi connectivity index (χ0n) is 33.5. The molecule has 0 amide bonds. The van der Waals surface area contributed by atoms with E-state index in [0.29, 0.717) is 23.9 Å². The lowest BCUT2D eigenvalue weighted by molar-refractivity contribution is -0.870. The fraction of sp³-hybridized carbons (Fsp3) is 0.714. The third kappa shape index (κ3) is 37.5. The predicted molar refractivity (Wildman–Crippen MR) is 213 cm³/mol. The van der Waals surface area contributed by atoms with Gasteiger partial charge >= 0.3 is 11.9 Å². The van der Waals surface area contributed by atoms with Gasteiger partial charge in [-0.1, -0.05) is 120 Å². The van der Waals surface area contributed by atoms with E-state index in [0.717, 1.165) is 89.9 Å². The third-order valence-electron chi connectivity index (χ3n) is 8.02. The Balaban J connectivity index is 4.45. The van der Waals surface area contributed by atoms with Crippen molar-refractivity contribution in [2.45, 2.75) is 148 Å². The van der Waals surface area contributed by atoms with E-state index < -0.39 is 32.5 Å². The quantitative estimate of drug-likeness (QED) is 0.0207. The van der Waals surface area contributed by atoms with Crippen molar-refractivity contribution in [3.8, 4) is 0 Å². The number of ether oxygens (including phenoxy) is 2. The first-order valence-electron chi connectivity index (χ1n) is 20.0. The van der Waals surface area contributed by atoms with Crippen molar-refractivity contribution < 1.29 is 42.1 Å². The van der Waals surface area contributed by atoms with Gasteiger partial charge in [0.05, 0.1) is 27.7 Å². The Kier molecular flexibility index (Phi) is 33.0. The first-order chi connectivity index (χ1) is 25.0. The van der Waals surface area contributed by atoms with Gasteiger partial charge in [0.2, 0.25) is 0 Å². The molecule has 0 aromatic carbocycles. The number of quaternary nitrogens is 1. The molecule has 0 aliphatic rings. The number of phosphoric ester groups is 1. The smallest absolute Gasteiger partial charge is 0.306 e. The molecule has 1 unspecified atom stereocenters. The Labute approximate surface area is 317 Å². The van der Waals surface area contributed by atoms with Crippen LogP contribution in [0.3, 0.4) is 0 Å². The highest BCUT2D eigenvalue weighted by molar-refractivity contribution is 7.45. The fourth-order valence-corrected chi connectivity index (χ4v) is 5.59. The minimum atomic E-state index is -4.63. The van der Waals surface area contributed by atoms with E-state index >= 15 is 0 Å². The number of hydrogen-bond donors (Lipinski definition) is 0. The average molecular weight is 752 g/mol. The molecule has 0 fully saturated rings. The summed E-state index contributed by atoms with van der Waals surface area (Å²) in [5.41, 5.74) is 0. The molecule has 0 aromatic rings. The summed E-state index contributed by atoms with van der Waals surface area (Å²) < 4.78 is 33.7. The average Bonchev–Trinajstić information content (AvgIpc) is 3.09. The van der Waals surface area contributed by atoms with E-state index in [9.17, 15) is 19.0 Å². The van der Waals surface area contributed by atoms with Gasteiger partial charge in [-0.05, 0) is 70.6 Å². The molecule has 0 aliphatic carbocycles. The normalized spacial score (nSPS) is 14.3. The summed E-state index contributed by atoms with van der Waals surface area (Å²) in [4.78, 5) is 37.4. The fourth-order valence-electron chi connectivity index (χ4n) is 4.86. The van der Waals surface area contributed by atoms with Crippen molar-refractivity contribution in [3.63, 3.8) is 0 Å². The molecular formula is C42H74NO8P. The van der Waals surface area contributed by atoms with Gasteiger partial charge in [-0.3, -0.25) is 14.2 Å². The number of nitrogens with zero attached hydrogens (tertiary/aromatic N) is 1. The van der Waals surface area contributed by atoms with Crippen LogP contribution in [-0.4, -0.2) is 70.0 Å². The predicted octanol–water partition coefficient (Wildman–Crippen LogP) is 10.3. The summed E-state index contributed by atoms with van der Waals surface area (Å²) >= 11 is 0. The van der Waals surface area contributed by atoms with Crippen LogP contribution in [0.5, 0.6) is 0 Å². The van der Waals surface area contributed by atoms with Crippen LogP contribution in [0.25, 0.3) is 0 Å². The number of unbranched alkanes of at least 4 members (excludes halogenated alkanes) is 11. The van der Waals surface area contributed by atoms with Gasteiger partial charge in [-0.15, -0.1) is 0 Å². The number of likely N-dealkylation sites (N-methyl/N-ethyl adjacent to an activating group) is 1. The molecule has 0 heterocycles. The molecule has 300 valence electrons. The summed E-state index contributed by atoms with van der Waals surface area (Å²) in [5.74, 6) is -0.881. The molecule has 0 rings (SSSR count). The van der Waals surface area contributed by atoms with Gasteiger partial charge in [0, 0.05) is 12.8 Å². The minimum absolute atomic E-state index is 0.0394. The Morgan fingerprint density at radius 3 is 1.65 bits per heavy atom. The van der Waals surface area contributed by atoms with Crippen LogP contribution >= 0.6 is 7.82 Å². The van der Waals surface area contributed by atoms with Crippen molar-refractivity contribution in [1.29, 1.82) is 0 Å². The molecule has 0 saturated carbocycles. The Morgan fingerprint density at radius 2 is 1.10 bits per heavy atom. The molecule has 52 heavy (non-hydrogen) atoms. The van der Waals surface area contributed by atoms with Crippen molar-refractivity contribution in [3.05, 3.63) is 60.8 Å². The maximum absolute atomic E-state index is 12.6. The summed E-state index contributed by atoms with van der Waals surface area (Å²) in [6.45, 7) is 4.00. The number of hydrogen-bond acceptors (Lipinski definition) is 8. The first-order valence-corrected chi connectivity index (χ1v) is 21.5. The van der Waals surface area contributed by atoms with E-state index in [-0.39, 0.29) is 26.1 Å². The Hall–Kier alpha value is -2.29. The van der Waals surface area contributed by atoms with Gasteiger partial charge < -0.3 is 27.9 Å². The molecule has 0 bridgehead atoms. The van der Waals surface area contributed by atoms with Gasteiger partial charge in [0.15, 0.2) is 6.10 Å². The molecule has 9 nitrogen and oxygen atoms in total. The van der Waals surface area contributed by atoms with Gasteiger partial charge in [0.1, 0.15) is 19.8 Å². The second-order valence-corrected chi connectivity index (χ2v) is 15.7. The van der Waals surface area contributed by atoms with Crippen molar-refractivity contribution in [1.82, 2.24) is 0 Å². The SMILES string of the molecule is CC/C=C\C/C=C\C/C=C\C/C=C\CCCCCCC(=O)OC[C@H](COP(=O)([O-])OCC[N+](C)(C)C)OC(=O)CCCCCCC/C=C\CCCC. The molecule has 0 radical (unpaired) electrons. The standard InChI is InChI=1S/C42H74NO8P/c1-6-8-10-12-14-16-18-19-20-21-22-23-25-26-28-30-32-34-41(44)48-38-40(39-50-52(46,47)49-37-36-43(3,4)5)51-42(45)35-33-31-29-27-24-17-15-13-11-9-7-2/h8,10,13-16,19-20,22-23,40H,6-7,9,11-12,17-18,21,24-39H2,1-5H3/b10-8-,15-13-,16-14-,20-19-,23-22-/t40-/m1/s1. The van der Waals surface area contributed by atoms with Gasteiger partial charge in [0.25, 0.3) is 7.82 Å². The van der Waals surface area contributed by atoms with Crippen LogP contribution in [0.2, 0.25) is 0 Å². The van der Waals surface area contributed by atoms with Gasteiger partial charge in [-0.2, -0.15) is 0 Å². The summed E-state index contributed by atoms with van der Waals surface area (Å²) in [7, 11) is 1.13. The molecule has 0 aliphatic heterocycles. The summed E-state index contributed by atoms with van der Waals surface area (Å²) in [6.07, 6.45) is 39.6. The van der Waals surface area contributed by atoms with Gasteiger partial charge in [-0.25, -0.2) is 0 Å². The first kappa shape index (κ1) is 49.7. The Morgan fingerprint density at radius 1 is 0.615 bits per heavy atom. The molecule has 0 spiro atoms. The lowest BCUT2D eigenvalue weighted by Crippen LogP contribution is -2.37. The largest absolute Gasteiger partial charge is 0.756 e. The molecule has 0 saturated heterocycles. The van der Waals surface area contributed by atoms with Crippen molar-refractivity contribution in [2.24, 2.45) is 0 Å². The van der Waals surface area contributed by atoms with E-state index in [4.69, 9.17) is 18.5 Å². The Bertz CT molecular complexity index is 1080. The number of phosphoric acid groups is 1. The number of esters is 2. The maximum Gasteiger partial charge on any atom is 0.306 e. The maximum atomic E-state index is 12.6. The monoisotopic (exact) mass is 752 g/mol. The second kappa shape index (κ2) is 34.5. The number of rotatable bonds is 35. The lowest BCUT2D eigenvalue weighted by Gasteiger charge is -2.28. The zero-order valence-corrected chi connectivity index (χ0v) is 34.4. The highest BCUT2D eigenvalue weighted by Crippen LogP contribution is 2.38. The van der Waals surface area contributed by atoms with Crippen LogP contribution in [0.1, 0.15) is 142 Å². The molecular weight excluding hydrogens is 677 g/mol. The van der Waals surface area contributed by atoms with Crippen LogP contribution in [-0.2, 0) is 32.7 Å². The lowest BCUT2D eigenvalue weighted by atomic mass is 10.1. The number of carbonyl (C=O) groups is 2. The molecule has 0 N–H and O–H groups in total. The highest BCUT2D eigenvalue weighted by atomic mass is 31.2.